The molecule has 1 aromatic carbocycles. The molecule has 0 saturated carbocycles. The van der Waals surface area contributed by atoms with Crippen LogP contribution in [0.2, 0.25) is 0 Å². The maximum atomic E-state index is 13.8. The van der Waals surface area contributed by atoms with Gasteiger partial charge in [0.2, 0.25) is 0 Å². The molecule has 16 heavy (non-hydrogen) atoms. The van der Waals surface area contributed by atoms with E-state index in [2.05, 4.69) is 0 Å². The third kappa shape index (κ3) is 2.93. The van der Waals surface area contributed by atoms with E-state index < -0.39 is 11.9 Å². The van der Waals surface area contributed by atoms with Crippen molar-refractivity contribution in [3.8, 4) is 5.75 Å². The van der Waals surface area contributed by atoms with E-state index in [1.54, 1.807) is 19.2 Å². The van der Waals surface area contributed by atoms with Crippen LogP contribution >= 0.6 is 0 Å². The van der Waals surface area contributed by atoms with Crippen LogP contribution in [0.1, 0.15) is 25.0 Å². The minimum atomic E-state index is -0.884. The Bertz CT molecular complexity index is 341. The summed E-state index contributed by atoms with van der Waals surface area (Å²) in [7, 11) is 2.95. The van der Waals surface area contributed by atoms with Gasteiger partial charge in [-0.05, 0) is 13.0 Å². The molecule has 1 aromatic rings. The number of ether oxygens (including phenoxy) is 2. The van der Waals surface area contributed by atoms with Crippen molar-refractivity contribution in [3.63, 3.8) is 0 Å². The van der Waals surface area contributed by atoms with Gasteiger partial charge in [-0.1, -0.05) is 12.1 Å². The molecule has 0 spiro atoms. The van der Waals surface area contributed by atoms with Gasteiger partial charge in [-0.25, -0.2) is 4.39 Å². The van der Waals surface area contributed by atoms with Gasteiger partial charge >= 0.3 is 0 Å². The number of rotatable bonds is 5. The summed E-state index contributed by atoms with van der Waals surface area (Å²) < 4.78 is 23.6. The summed E-state index contributed by atoms with van der Waals surface area (Å²) in [4.78, 5) is 0. The van der Waals surface area contributed by atoms with E-state index in [4.69, 9.17) is 9.47 Å². The first-order valence-electron chi connectivity index (χ1n) is 5.13. The Morgan fingerprint density at radius 2 is 2.06 bits per heavy atom. The predicted molar refractivity (Wildman–Crippen MR) is 59.0 cm³/mol. The monoisotopic (exact) mass is 228 g/mol. The molecule has 2 atom stereocenters. The Hall–Kier alpha value is -1.13. The fourth-order valence-corrected chi connectivity index (χ4v) is 1.48. The summed E-state index contributed by atoms with van der Waals surface area (Å²) in [6, 6.07) is 4.72. The lowest BCUT2D eigenvalue weighted by Crippen LogP contribution is -2.12. The number of hydrogen-bond acceptors (Lipinski definition) is 3. The average molecular weight is 228 g/mol. The summed E-state index contributed by atoms with van der Waals surface area (Å²) in [5.41, 5.74) is 0.239. The highest BCUT2D eigenvalue weighted by Gasteiger charge is 2.18. The van der Waals surface area contributed by atoms with Gasteiger partial charge in [-0.15, -0.1) is 0 Å². The molecular formula is C12H17FO3. The Kier molecular flexibility index (Phi) is 4.71. The van der Waals surface area contributed by atoms with Crippen LogP contribution in [0.4, 0.5) is 4.39 Å². The largest absolute Gasteiger partial charge is 0.494 e. The van der Waals surface area contributed by atoms with Crippen LogP contribution in [0.15, 0.2) is 18.2 Å². The van der Waals surface area contributed by atoms with E-state index in [0.717, 1.165) is 0 Å². The van der Waals surface area contributed by atoms with Crippen molar-refractivity contribution in [1.29, 1.82) is 0 Å². The lowest BCUT2D eigenvalue weighted by molar-refractivity contribution is 0.0544. The molecule has 4 heteroatoms. The van der Waals surface area contributed by atoms with Crippen molar-refractivity contribution >= 4 is 0 Å². The number of benzene rings is 1. The van der Waals surface area contributed by atoms with Crippen molar-refractivity contribution in [2.24, 2.45) is 0 Å². The van der Waals surface area contributed by atoms with Gasteiger partial charge in [0.15, 0.2) is 11.6 Å². The number of aliphatic hydroxyl groups is 1. The minimum absolute atomic E-state index is 0.124. The zero-order chi connectivity index (χ0) is 12.1. The maximum Gasteiger partial charge on any atom is 0.170 e. The van der Waals surface area contributed by atoms with Crippen molar-refractivity contribution in [1.82, 2.24) is 0 Å². The Morgan fingerprint density at radius 3 is 2.62 bits per heavy atom. The van der Waals surface area contributed by atoms with Crippen molar-refractivity contribution in [2.45, 2.75) is 25.6 Å². The number of aliphatic hydroxyl groups excluding tert-OH is 1. The highest BCUT2D eigenvalue weighted by molar-refractivity contribution is 5.32. The standard InChI is InChI=1S/C12H17FO3/c1-8(15-2)7-10(14)9-5-4-6-11(16-3)12(9)13/h4-6,8,10,14H,7H2,1-3H3. The first kappa shape index (κ1) is 12.9. The molecule has 0 aliphatic carbocycles. The SMILES string of the molecule is COc1cccc(C(O)CC(C)OC)c1F. The molecule has 1 rings (SSSR count). The van der Waals surface area contributed by atoms with Crippen LogP contribution in [0, 0.1) is 5.82 Å². The van der Waals surface area contributed by atoms with E-state index in [9.17, 15) is 9.50 Å². The predicted octanol–water partition coefficient (Wildman–Crippen LogP) is 2.29. The minimum Gasteiger partial charge on any atom is -0.494 e. The summed E-state index contributed by atoms with van der Waals surface area (Å²) in [5, 5.41) is 9.85. The van der Waals surface area contributed by atoms with E-state index in [1.165, 1.54) is 13.2 Å². The van der Waals surface area contributed by atoms with Crippen LogP contribution in [-0.2, 0) is 4.74 Å². The molecule has 2 unspecified atom stereocenters. The van der Waals surface area contributed by atoms with Gasteiger partial charge in [-0.3, -0.25) is 0 Å². The zero-order valence-corrected chi connectivity index (χ0v) is 9.74. The van der Waals surface area contributed by atoms with Gasteiger partial charge in [0.05, 0.1) is 19.3 Å². The molecule has 0 heterocycles. The smallest absolute Gasteiger partial charge is 0.170 e. The van der Waals surface area contributed by atoms with Gasteiger partial charge < -0.3 is 14.6 Å². The van der Waals surface area contributed by atoms with Crippen LogP contribution in [0.3, 0.4) is 0 Å². The molecule has 0 fully saturated rings. The summed E-state index contributed by atoms with van der Waals surface area (Å²) >= 11 is 0. The molecule has 0 amide bonds. The summed E-state index contributed by atoms with van der Waals surface area (Å²) in [6.07, 6.45) is -0.661. The molecular weight excluding hydrogens is 211 g/mol. The van der Waals surface area contributed by atoms with Crippen LogP contribution in [-0.4, -0.2) is 25.4 Å². The fourth-order valence-electron chi connectivity index (χ4n) is 1.48. The molecule has 0 aromatic heterocycles. The number of halogens is 1. The lowest BCUT2D eigenvalue weighted by Gasteiger charge is -2.17. The first-order chi connectivity index (χ1) is 7.60. The van der Waals surface area contributed by atoms with Crippen LogP contribution in [0.25, 0.3) is 0 Å². The quantitative estimate of drug-likeness (QED) is 0.840. The first-order valence-corrected chi connectivity index (χ1v) is 5.13. The molecule has 0 aliphatic heterocycles. The van der Waals surface area contributed by atoms with E-state index in [1.807, 2.05) is 6.92 Å². The van der Waals surface area contributed by atoms with E-state index in [0.29, 0.717) is 6.42 Å². The zero-order valence-electron chi connectivity index (χ0n) is 9.74. The Balaban J connectivity index is 2.86. The van der Waals surface area contributed by atoms with Gasteiger partial charge in [0, 0.05) is 19.1 Å². The molecule has 3 nitrogen and oxygen atoms in total. The van der Waals surface area contributed by atoms with Gasteiger partial charge in [0.1, 0.15) is 0 Å². The second-order valence-corrected chi connectivity index (χ2v) is 3.66. The molecule has 1 N–H and O–H groups in total. The van der Waals surface area contributed by atoms with Crippen LogP contribution < -0.4 is 4.74 Å². The highest BCUT2D eigenvalue weighted by Crippen LogP contribution is 2.27. The summed E-state index contributed by atoms with van der Waals surface area (Å²) in [5.74, 6) is -0.373. The van der Waals surface area contributed by atoms with Crippen molar-refractivity contribution in [2.75, 3.05) is 14.2 Å². The van der Waals surface area contributed by atoms with Gasteiger partial charge in [0.25, 0.3) is 0 Å². The highest BCUT2D eigenvalue weighted by atomic mass is 19.1. The number of methoxy groups -OCH3 is 2. The van der Waals surface area contributed by atoms with E-state index >= 15 is 0 Å². The Morgan fingerprint density at radius 1 is 1.38 bits per heavy atom. The van der Waals surface area contributed by atoms with Crippen molar-refractivity contribution in [3.05, 3.63) is 29.6 Å². The molecule has 0 aliphatic rings. The van der Waals surface area contributed by atoms with Crippen molar-refractivity contribution < 1.29 is 19.0 Å². The van der Waals surface area contributed by atoms with Crippen LogP contribution in [0.5, 0.6) is 5.75 Å². The average Bonchev–Trinajstić information content (AvgIpc) is 2.29. The topological polar surface area (TPSA) is 38.7 Å². The molecule has 0 saturated heterocycles. The third-order valence-corrected chi connectivity index (χ3v) is 2.53. The number of hydrogen-bond donors (Lipinski definition) is 1. The summed E-state index contributed by atoms with van der Waals surface area (Å²) in [6.45, 7) is 1.82. The normalized spacial score (nSPS) is 14.6. The van der Waals surface area contributed by atoms with E-state index in [-0.39, 0.29) is 17.4 Å². The van der Waals surface area contributed by atoms with Gasteiger partial charge in [-0.2, -0.15) is 0 Å². The molecule has 0 bridgehead atoms. The Labute approximate surface area is 94.8 Å². The lowest BCUT2D eigenvalue weighted by atomic mass is 10.0. The molecule has 0 radical (unpaired) electrons. The second-order valence-electron chi connectivity index (χ2n) is 3.66. The fraction of sp³-hybridized carbons (Fsp3) is 0.500. The maximum absolute atomic E-state index is 13.8. The second kappa shape index (κ2) is 5.82. The third-order valence-electron chi connectivity index (χ3n) is 2.53. The molecule has 90 valence electrons.